The molecular weight excluding hydrogens is 200 g/mol. The number of hydrogen-bond acceptors (Lipinski definition) is 3. The molecule has 0 bridgehead atoms. The van der Waals surface area contributed by atoms with Gasteiger partial charge in [0.2, 0.25) is 0 Å². The molecule has 0 atom stereocenters. The van der Waals surface area contributed by atoms with Crippen LogP contribution in [-0.2, 0) is 14.3 Å². The average molecular weight is 216 g/mol. The lowest BCUT2D eigenvalue weighted by molar-refractivity contribution is -0.167. The van der Waals surface area contributed by atoms with Crippen molar-refractivity contribution in [1.82, 2.24) is 0 Å². The third kappa shape index (κ3) is 2.68. The Morgan fingerprint density at radius 1 is 1.27 bits per heavy atom. The fourth-order valence-electron chi connectivity index (χ4n) is 2.02. The van der Waals surface area contributed by atoms with Crippen molar-refractivity contribution < 1.29 is 24.5 Å². The highest BCUT2D eigenvalue weighted by atomic mass is 16.5. The van der Waals surface area contributed by atoms with Gasteiger partial charge in [0, 0.05) is 18.3 Å². The smallest absolute Gasteiger partial charge is 0.303 e. The minimum Gasteiger partial charge on any atom is -0.481 e. The molecule has 1 rings (SSSR count). The van der Waals surface area contributed by atoms with E-state index in [1.807, 2.05) is 6.92 Å². The van der Waals surface area contributed by atoms with Crippen LogP contribution in [0.2, 0.25) is 0 Å². The average Bonchev–Trinajstić information content (AvgIpc) is 2.00. The molecule has 0 aromatic heterocycles. The van der Waals surface area contributed by atoms with E-state index in [4.69, 9.17) is 14.9 Å². The van der Waals surface area contributed by atoms with Gasteiger partial charge in [-0.15, -0.1) is 0 Å². The fraction of sp³-hybridized carbons (Fsp3) is 0.800. The summed E-state index contributed by atoms with van der Waals surface area (Å²) < 4.78 is 5.09. The molecule has 0 aromatic carbocycles. The second-order valence-corrected chi connectivity index (χ2v) is 4.10. The van der Waals surface area contributed by atoms with Gasteiger partial charge in [-0.2, -0.15) is 0 Å². The summed E-state index contributed by atoms with van der Waals surface area (Å²) in [5.41, 5.74) is -0.239. The Balaban J connectivity index is 2.69. The van der Waals surface area contributed by atoms with Crippen LogP contribution in [0.25, 0.3) is 0 Å². The molecule has 1 aliphatic rings. The second kappa shape index (κ2) is 4.61. The van der Waals surface area contributed by atoms with Crippen molar-refractivity contribution >= 4 is 11.9 Å². The molecule has 2 N–H and O–H groups in total. The van der Waals surface area contributed by atoms with E-state index in [1.54, 1.807) is 0 Å². The van der Waals surface area contributed by atoms with Gasteiger partial charge in [0.05, 0.1) is 13.2 Å². The quantitative estimate of drug-likeness (QED) is 0.691. The van der Waals surface area contributed by atoms with Gasteiger partial charge in [0.1, 0.15) is 0 Å². The van der Waals surface area contributed by atoms with E-state index < -0.39 is 11.9 Å². The van der Waals surface area contributed by atoms with Gasteiger partial charge >= 0.3 is 11.9 Å². The Morgan fingerprint density at radius 2 is 1.73 bits per heavy atom. The Kier molecular flexibility index (Phi) is 3.68. The van der Waals surface area contributed by atoms with E-state index in [2.05, 4.69) is 0 Å². The summed E-state index contributed by atoms with van der Waals surface area (Å²) in [6, 6.07) is 0. The van der Waals surface area contributed by atoms with Crippen molar-refractivity contribution in [1.29, 1.82) is 0 Å². The fourth-order valence-corrected chi connectivity index (χ4v) is 2.02. The predicted octanol–water partition coefficient (Wildman–Crippen LogP) is 0.979. The highest BCUT2D eigenvalue weighted by Crippen LogP contribution is 2.42. The monoisotopic (exact) mass is 216 g/mol. The molecule has 0 aromatic rings. The molecule has 0 amide bonds. The SMILES string of the molecule is CCC1(C(CC(=O)O)CC(=O)O)COC1. The van der Waals surface area contributed by atoms with Crippen LogP contribution in [0.5, 0.6) is 0 Å². The third-order valence-corrected chi connectivity index (χ3v) is 3.19. The number of aliphatic carboxylic acids is 2. The van der Waals surface area contributed by atoms with Gasteiger partial charge in [-0.1, -0.05) is 6.92 Å². The second-order valence-electron chi connectivity index (χ2n) is 4.10. The van der Waals surface area contributed by atoms with Crippen molar-refractivity contribution in [3.63, 3.8) is 0 Å². The third-order valence-electron chi connectivity index (χ3n) is 3.19. The van der Waals surface area contributed by atoms with Gasteiger partial charge in [-0.05, 0) is 12.3 Å². The molecule has 5 heteroatoms. The first-order chi connectivity index (χ1) is 7.00. The Morgan fingerprint density at radius 3 is 1.93 bits per heavy atom. The number of ether oxygens (including phenoxy) is 1. The highest BCUT2D eigenvalue weighted by Gasteiger charge is 2.45. The van der Waals surface area contributed by atoms with E-state index in [0.29, 0.717) is 13.2 Å². The lowest BCUT2D eigenvalue weighted by Crippen LogP contribution is -2.49. The van der Waals surface area contributed by atoms with Gasteiger partial charge in [0.15, 0.2) is 0 Å². The summed E-state index contributed by atoms with van der Waals surface area (Å²) in [5, 5.41) is 17.5. The first kappa shape index (κ1) is 12.0. The lowest BCUT2D eigenvalue weighted by Gasteiger charge is -2.46. The van der Waals surface area contributed by atoms with Crippen LogP contribution in [0, 0.1) is 11.3 Å². The summed E-state index contributed by atoms with van der Waals surface area (Å²) in [6.45, 7) is 2.91. The molecule has 1 heterocycles. The zero-order chi connectivity index (χ0) is 11.5. The van der Waals surface area contributed by atoms with E-state index in [9.17, 15) is 9.59 Å². The maximum Gasteiger partial charge on any atom is 0.303 e. The van der Waals surface area contributed by atoms with Gasteiger partial charge in [-0.25, -0.2) is 0 Å². The zero-order valence-electron chi connectivity index (χ0n) is 8.73. The number of carboxylic acid groups (broad SMARTS) is 2. The minimum atomic E-state index is -0.944. The topological polar surface area (TPSA) is 83.8 Å². The molecule has 86 valence electrons. The van der Waals surface area contributed by atoms with E-state index in [0.717, 1.165) is 6.42 Å². The largest absolute Gasteiger partial charge is 0.481 e. The summed E-state index contributed by atoms with van der Waals surface area (Å²) in [7, 11) is 0. The number of carboxylic acids is 2. The first-order valence-electron chi connectivity index (χ1n) is 5.01. The Bertz CT molecular complexity index is 235. The molecule has 1 saturated heterocycles. The Labute approximate surface area is 88.0 Å². The molecule has 1 fully saturated rings. The van der Waals surface area contributed by atoms with E-state index in [-0.39, 0.29) is 24.2 Å². The van der Waals surface area contributed by atoms with Gasteiger partial charge < -0.3 is 14.9 Å². The summed E-state index contributed by atoms with van der Waals surface area (Å²) in [4.78, 5) is 21.3. The van der Waals surface area contributed by atoms with Gasteiger partial charge in [0.25, 0.3) is 0 Å². The van der Waals surface area contributed by atoms with Crippen LogP contribution in [0.1, 0.15) is 26.2 Å². The van der Waals surface area contributed by atoms with Gasteiger partial charge in [-0.3, -0.25) is 9.59 Å². The molecule has 0 aliphatic carbocycles. The van der Waals surface area contributed by atoms with Crippen molar-refractivity contribution in [2.75, 3.05) is 13.2 Å². The normalized spacial score (nSPS) is 18.5. The highest BCUT2D eigenvalue weighted by molar-refractivity contribution is 5.71. The van der Waals surface area contributed by atoms with Crippen LogP contribution in [-0.4, -0.2) is 35.4 Å². The molecular formula is C10H16O5. The minimum absolute atomic E-state index is 0.0938. The number of rotatable bonds is 6. The number of hydrogen-bond donors (Lipinski definition) is 2. The molecule has 0 unspecified atom stereocenters. The van der Waals surface area contributed by atoms with Crippen LogP contribution < -0.4 is 0 Å². The molecule has 1 aliphatic heterocycles. The summed E-state index contributed by atoms with van der Waals surface area (Å²) in [5.74, 6) is -2.21. The van der Waals surface area contributed by atoms with Crippen molar-refractivity contribution in [3.8, 4) is 0 Å². The molecule has 0 saturated carbocycles. The maximum absolute atomic E-state index is 10.7. The van der Waals surface area contributed by atoms with Crippen LogP contribution in [0.15, 0.2) is 0 Å². The summed E-state index contributed by atoms with van der Waals surface area (Å²) in [6.07, 6.45) is 0.575. The molecule has 15 heavy (non-hydrogen) atoms. The number of carbonyl (C=O) groups is 2. The molecule has 5 nitrogen and oxygen atoms in total. The first-order valence-corrected chi connectivity index (χ1v) is 5.01. The van der Waals surface area contributed by atoms with Crippen LogP contribution in [0.3, 0.4) is 0 Å². The summed E-state index contributed by atoms with van der Waals surface area (Å²) >= 11 is 0. The van der Waals surface area contributed by atoms with Crippen molar-refractivity contribution in [2.45, 2.75) is 26.2 Å². The maximum atomic E-state index is 10.7. The van der Waals surface area contributed by atoms with Crippen LogP contribution in [0.4, 0.5) is 0 Å². The predicted molar refractivity (Wildman–Crippen MR) is 51.5 cm³/mol. The standard InChI is InChI=1S/C10H16O5/c1-2-10(5-15-6-10)7(3-8(11)12)4-9(13)14/h7H,2-6H2,1H3,(H,11,12)(H,13,14). The Hall–Kier alpha value is -1.10. The molecule has 0 radical (unpaired) electrons. The molecule has 0 spiro atoms. The van der Waals surface area contributed by atoms with E-state index >= 15 is 0 Å². The van der Waals surface area contributed by atoms with Crippen molar-refractivity contribution in [3.05, 3.63) is 0 Å². The van der Waals surface area contributed by atoms with E-state index in [1.165, 1.54) is 0 Å². The zero-order valence-corrected chi connectivity index (χ0v) is 8.73. The lowest BCUT2D eigenvalue weighted by atomic mass is 9.69. The van der Waals surface area contributed by atoms with Crippen LogP contribution >= 0.6 is 0 Å². The van der Waals surface area contributed by atoms with Crippen molar-refractivity contribution in [2.24, 2.45) is 11.3 Å².